The smallest absolute Gasteiger partial charge is 0.217 e. The van der Waals surface area contributed by atoms with Crippen molar-refractivity contribution < 1.29 is 55.2 Å². The lowest BCUT2D eigenvalue weighted by molar-refractivity contribution is -0.253. The molecule has 1 unspecified atom stereocenters. The van der Waals surface area contributed by atoms with E-state index in [1.165, 1.54) is 13.8 Å². The lowest BCUT2D eigenvalue weighted by Gasteiger charge is -2.40. The van der Waals surface area contributed by atoms with E-state index in [-0.39, 0.29) is 6.29 Å². The van der Waals surface area contributed by atoms with Crippen LogP contribution in [0.1, 0.15) is 13.8 Å². The topological polar surface area (TPSA) is 217 Å². The minimum atomic E-state index is -1.65. The van der Waals surface area contributed by atoms with Gasteiger partial charge in [-0.1, -0.05) is 0 Å². The number of nitrogens with one attached hydrogen (secondary N) is 1. The second-order valence-corrected chi connectivity index (χ2v) is 5.80. The molecule has 0 radical (unpaired) electrons. The molecule has 0 bridgehead atoms. The Bertz CT molecular complexity index is 435. The van der Waals surface area contributed by atoms with Gasteiger partial charge in [-0.05, 0) is 6.92 Å². The molecule has 0 aromatic carbocycles. The van der Waals surface area contributed by atoms with Gasteiger partial charge in [0.15, 0.2) is 12.6 Å². The van der Waals surface area contributed by atoms with Crippen molar-refractivity contribution in [3.8, 4) is 0 Å². The fourth-order valence-electron chi connectivity index (χ4n) is 2.06. The fraction of sp³-hybridized carbons (Fsp3) is 0.857. The summed E-state index contributed by atoms with van der Waals surface area (Å²) in [7, 11) is 0. The highest BCUT2D eigenvalue weighted by molar-refractivity contribution is 5.73. The zero-order valence-electron chi connectivity index (χ0n) is 14.3. The van der Waals surface area contributed by atoms with Gasteiger partial charge in [-0.15, -0.1) is 0 Å². The predicted molar refractivity (Wildman–Crippen MR) is 83.3 cm³/mol. The van der Waals surface area contributed by atoms with Crippen LogP contribution in [0, 0.1) is 0 Å². The van der Waals surface area contributed by atoms with Crippen molar-refractivity contribution in [3.63, 3.8) is 0 Å². The van der Waals surface area contributed by atoms with Crippen molar-refractivity contribution >= 4 is 12.2 Å². The van der Waals surface area contributed by atoms with E-state index in [0.29, 0.717) is 0 Å². The molecule has 154 valence electrons. The SMILES string of the molecule is CC(=O)N[C@H]1C(O)O[C@H](CO)[C@@H](O)[C@@H]1O.C[C@H](O)[C@@H](O)[C@@H](O)[C@H](O)C=O. The Hall–Kier alpha value is -1.22. The first-order valence-electron chi connectivity index (χ1n) is 7.73. The van der Waals surface area contributed by atoms with Gasteiger partial charge in [0, 0.05) is 6.92 Å². The third kappa shape index (κ3) is 7.19. The maximum Gasteiger partial charge on any atom is 0.217 e. The van der Waals surface area contributed by atoms with Crippen LogP contribution < -0.4 is 5.32 Å². The lowest BCUT2D eigenvalue weighted by Crippen LogP contribution is -2.63. The summed E-state index contributed by atoms with van der Waals surface area (Å²) in [5.74, 6) is -0.462. The molecule has 1 saturated heterocycles. The van der Waals surface area contributed by atoms with E-state index in [0.717, 1.165) is 0 Å². The summed E-state index contributed by atoms with van der Waals surface area (Å²) in [5.41, 5.74) is 0. The monoisotopic (exact) mass is 385 g/mol. The lowest BCUT2D eigenvalue weighted by atomic mass is 9.97. The zero-order valence-corrected chi connectivity index (χ0v) is 14.3. The van der Waals surface area contributed by atoms with E-state index in [4.69, 9.17) is 30.3 Å². The van der Waals surface area contributed by atoms with Crippen molar-refractivity contribution in [2.75, 3.05) is 6.61 Å². The van der Waals surface area contributed by atoms with E-state index in [1.807, 2.05) is 0 Å². The highest BCUT2D eigenvalue weighted by atomic mass is 16.6. The molecule has 1 aliphatic rings. The molecule has 12 heteroatoms. The molecule has 1 fully saturated rings. The minimum Gasteiger partial charge on any atom is -0.394 e. The Morgan fingerprint density at radius 3 is 2.04 bits per heavy atom. The zero-order chi connectivity index (χ0) is 20.6. The van der Waals surface area contributed by atoms with Gasteiger partial charge in [0.25, 0.3) is 0 Å². The first-order chi connectivity index (χ1) is 12.0. The summed E-state index contributed by atoms with van der Waals surface area (Å²) < 4.78 is 4.81. The van der Waals surface area contributed by atoms with E-state index in [2.05, 4.69) is 5.32 Å². The van der Waals surface area contributed by atoms with Crippen LogP contribution in [0.2, 0.25) is 0 Å². The van der Waals surface area contributed by atoms with E-state index in [1.54, 1.807) is 0 Å². The first kappa shape index (κ1) is 24.8. The molecular weight excluding hydrogens is 358 g/mol. The summed E-state index contributed by atoms with van der Waals surface area (Å²) in [5, 5.41) is 74.5. The van der Waals surface area contributed by atoms with Crippen LogP contribution in [-0.2, 0) is 14.3 Å². The average molecular weight is 385 g/mol. The molecule has 0 spiro atoms. The van der Waals surface area contributed by atoms with E-state index >= 15 is 0 Å². The van der Waals surface area contributed by atoms with Crippen molar-refractivity contribution in [2.24, 2.45) is 0 Å². The summed E-state index contributed by atoms with van der Waals surface area (Å²) in [6.45, 7) is 1.93. The largest absolute Gasteiger partial charge is 0.394 e. The van der Waals surface area contributed by atoms with Gasteiger partial charge in [0.1, 0.15) is 42.7 Å². The second-order valence-electron chi connectivity index (χ2n) is 5.80. The number of hydrogen-bond acceptors (Lipinski definition) is 11. The van der Waals surface area contributed by atoms with Crippen molar-refractivity contribution in [1.82, 2.24) is 5.32 Å². The van der Waals surface area contributed by atoms with Crippen LogP contribution in [-0.4, -0.2) is 115 Å². The summed E-state index contributed by atoms with van der Waals surface area (Å²) in [6, 6.07) is -1.10. The highest BCUT2D eigenvalue weighted by Crippen LogP contribution is 2.19. The van der Waals surface area contributed by atoms with Gasteiger partial charge >= 0.3 is 0 Å². The Morgan fingerprint density at radius 1 is 1.12 bits per heavy atom. The molecule has 12 nitrogen and oxygen atoms in total. The molecule has 0 aromatic rings. The molecule has 1 rings (SSSR count). The molecule has 0 saturated carbocycles. The number of aliphatic hydroxyl groups excluding tert-OH is 8. The van der Waals surface area contributed by atoms with Crippen molar-refractivity contribution in [3.05, 3.63) is 0 Å². The first-order valence-corrected chi connectivity index (χ1v) is 7.73. The quantitative estimate of drug-likeness (QED) is 0.196. The van der Waals surface area contributed by atoms with Gasteiger partial charge in [-0.3, -0.25) is 4.79 Å². The summed E-state index contributed by atoms with van der Waals surface area (Å²) in [4.78, 5) is 20.6. The van der Waals surface area contributed by atoms with Crippen LogP contribution in [0.25, 0.3) is 0 Å². The number of aldehydes is 1. The summed E-state index contributed by atoms with van der Waals surface area (Å²) >= 11 is 0. The third-order valence-corrected chi connectivity index (χ3v) is 3.60. The minimum absolute atomic E-state index is 0.0935. The van der Waals surface area contributed by atoms with Crippen LogP contribution in [0.5, 0.6) is 0 Å². The Balaban J connectivity index is 0.000000508. The highest BCUT2D eigenvalue weighted by Gasteiger charge is 2.43. The van der Waals surface area contributed by atoms with Gasteiger partial charge in [-0.25, -0.2) is 0 Å². The number of aliphatic hydroxyl groups is 8. The van der Waals surface area contributed by atoms with Crippen LogP contribution in [0.15, 0.2) is 0 Å². The number of carbonyl (C=O) groups excluding carboxylic acids is 2. The average Bonchev–Trinajstić information content (AvgIpc) is 2.59. The standard InChI is InChI=1S/C8H15NO6.C6H12O5/c1-3(11)9-5-7(13)6(12)4(2-10)15-8(5)14;1-3(8)5(10)6(11)4(9)2-7/h4-8,10,12-14H,2H2,1H3,(H,9,11);2-6,8-11H,1H3/t4-,5-,6-,7-,8?;3-,4+,5+,6-/m10/s1. The number of hydrogen-bond donors (Lipinski definition) is 9. The molecule has 26 heavy (non-hydrogen) atoms. The van der Waals surface area contributed by atoms with Crippen LogP contribution in [0.4, 0.5) is 0 Å². The second kappa shape index (κ2) is 11.5. The number of ether oxygens (including phenoxy) is 1. The van der Waals surface area contributed by atoms with Crippen molar-refractivity contribution in [1.29, 1.82) is 0 Å². The van der Waals surface area contributed by atoms with Crippen molar-refractivity contribution in [2.45, 2.75) is 68.9 Å². The molecule has 0 aromatic heterocycles. The van der Waals surface area contributed by atoms with Crippen LogP contribution in [0.3, 0.4) is 0 Å². The normalized spacial score (nSPS) is 33.1. The number of rotatable bonds is 6. The molecule has 9 atom stereocenters. The third-order valence-electron chi connectivity index (χ3n) is 3.60. The van der Waals surface area contributed by atoms with Crippen LogP contribution >= 0.6 is 0 Å². The maximum atomic E-state index is 10.7. The van der Waals surface area contributed by atoms with Gasteiger partial charge in [0.2, 0.25) is 5.91 Å². The predicted octanol–water partition coefficient (Wildman–Crippen LogP) is -5.43. The molecule has 1 heterocycles. The molecule has 9 N–H and O–H groups in total. The van der Waals surface area contributed by atoms with Gasteiger partial charge in [0.05, 0.1) is 12.7 Å². The van der Waals surface area contributed by atoms with E-state index < -0.39 is 67.6 Å². The molecule has 0 aliphatic carbocycles. The number of carbonyl (C=O) groups is 2. The van der Waals surface area contributed by atoms with Gasteiger partial charge < -0.3 is 55.7 Å². The molecular formula is C14H27NO11. The Morgan fingerprint density at radius 2 is 1.65 bits per heavy atom. The Labute approximate surface area is 149 Å². The maximum absolute atomic E-state index is 10.7. The van der Waals surface area contributed by atoms with Gasteiger partial charge in [-0.2, -0.15) is 0 Å². The van der Waals surface area contributed by atoms with E-state index in [9.17, 15) is 24.9 Å². The summed E-state index contributed by atoms with van der Waals surface area (Å²) in [6.07, 6.45) is -11.1. The molecule has 1 aliphatic heterocycles. The Kier molecular flexibility index (Phi) is 10.9. The fourth-order valence-corrected chi connectivity index (χ4v) is 2.06. The number of amides is 1. The molecule has 1 amide bonds.